The first-order valence-corrected chi connectivity index (χ1v) is 8.90. The molecule has 1 aromatic rings. The van der Waals surface area contributed by atoms with E-state index in [2.05, 4.69) is 5.32 Å². The molecule has 1 saturated heterocycles. The summed E-state index contributed by atoms with van der Waals surface area (Å²) in [7, 11) is -2.23. The normalized spacial score (nSPS) is 22.9. The number of hydrogen-bond donors (Lipinski definition) is 1. The number of halogens is 3. The number of piperazine rings is 1. The van der Waals surface area contributed by atoms with E-state index in [0.29, 0.717) is 13.1 Å². The lowest BCUT2D eigenvalue weighted by molar-refractivity contribution is 0.229. The molecule has 1 aromatic carbocycles. The van der Waals surface area contributed by atoms with Gasteiger partial charge in [0, 0.05) is 49.4 Å². The SMILES string of the molecule is CC1CN(S(=O)(=O)N(C)Cc2c(F)cccc2Cl)C(C)CN1.Cl. The predicted molar refractivity (Wildman–Crippen MR) is 92.7 cm³/mol. The van der Waals surface area contributed by atoms with E-state index < -0.39 is 16.0 Å². The Morgan fingerprint density at radius 1 is 1.43 bits per heavy atom. The lowest BCUT2D eigenvalue weighted by Gasteiger charge is -2.38. The average molecular weight is 386 g/mol. The molecule has 0 bridgehead atoms. The second-order valence-corrected chi connectivity index (χ2v) is 8.09. The Kier molecular flexibility index (Phi) is 7.25. The Labute approximate surface area is 148 Å². The highest BCUT2D eigenvalue weighted by atomic mass is 35.5. The van der Waals surface area contributed by atoms with Crippen LogP contribution in [0.1, 0.15) is 19.4 Å². The van der Waals surface area contributed by atoms with Gasteiger partial charge >= 0.3 is 0 Å². The van der Waals surface area contributed by atoms with Crippen molar-refractivity contribution in [2.45, 2.75) is 32.5 Å². The summed E-state index contributed by atoms with van der Waals surface area (Å²) in [6.45, 7) is 4.66. The standard InChI is InChI=1S/C14H21ClFN3O2S.ClH/c1-10-8-19(11(2)7-17-10)22(20,21)18(3)9-12-13(15)5-4-6-14(12)16;/h4-6,10-11,17H,7-9H2,1-3H3;1H. The van der Waals surface area contributed by atoms with Crippen LogP contribution in [0, 0.1) is 5.82 Å². The minimum atomic E-state index is -3.67. The molecule has 0 aliphatic carbocycles. The lowest BCUT2D eigenvalue weighted by atomic mass is 10.2. The van der Waals surface area contributed by atoms with Gasteiger partial charge in [-0.15, -0.1) is 12.4 Å². The second kappa shape index (κ2) is 8.09. The second-order valence-electron chi connectivity index (χ2n) is 5.69. The highest BCUT2D eigenvalue weighted by Gasteiger charge is 2.35. The fourth-order valence-electron chi connectivity index (χ4n) is 2.48. The van der Waals surface area contributed by atoms with E-state index >= 15 is 0 Å². The first-order chi connectivity index (χ1) is 10.2. The van der Waals surface area contributed by atoms with E-state index in [0.717, 1.165) is 4.31 Å². The van der Waals surface area contributed by atoms with Crippen LogP contribution in [0.15, 0.2) is 18.2 Å². The van der Waals surface area contributed by atoms with Crippen molar-refractivity contribution in [2.24, 2.45) is 0 Å². The van der Waals surface area contributed by atoms with Crippen LogP contribution in [-0.4, -0.2) is 49.2 Å². The zero-order valence-corrected chi connectivity index (χ0v) is 15.7. The zero-order chi connectivity index (χ0) is 16.5. The Bertz CT molecular complexity index is 625. The summed E-state index contributed by atoms with van der Waals surface area (Å²) in [5.74, 6) is -0.503. The van der Waals surface area contributed by atoms with Gasteiger partial charge < -0.3 is 5.32 Å². The molecule has 0 spiro atoms. The molecule has 2 rings (SSSR count). The fourth-order valence-corrected chi connectivity index (χ4v) is 4.29. The molecule has 1 N–H and O–H groups in total. The van der Waals surface area contributed by atoms with Crippen molar-refractivity contribution >= 4 is 34.2 Å². The molecule has 9 heteroatoms. The van der Waals surface area contributed by atoms with Crippen molar-refractivity contribution in [1.82, 2.24) is 13.9 Å². The molecule has 23 heavy (non-hydrogen) atoms. The first kappa shape index (κ1) is 20.6. The zero-order valence-electron chi connectivity index (χ0n) is 13.3. The van der Waals surface area contributed by atoms with E-state index in [1.54, 1.807) is 6.07 Å². The highest BCUT2D eigenvalue weighted by Crippen LogP contribution is 2.23. The quantitative estimate of drug-likeness (QED) is 0.864. The van der Waals surface area contributed by atoms with Gasteiger partial charge in [-0.25, -0.2) is 4.39 Å². The van der Waals surface area contributed by atoms with Crippen LogP contribution in [0.3, 0.4) is 0 Å². The maximum Gasteiger partial charge on any atom is 0.282 e. The third kappa shape index (κ3) is 4.55. The Morgan fingerprint density at radius 3 is 2.70 bits per heavy atom. The molecule has 2 atom stereocenters. The number of hydrogen-bond acceptors (Lipinski definition) is 3. The molecule has 0 saturated carbocycles. The molecule has 1 aliphatic heterocycles. The Morgan fingerprint density at radius 2 is 2.09 bits per heavy atom. The van der Waals surface area contributed by atoms with Crippen LogP contribution in [0.5, 0.6) is 0 Å². The molecular formula is C14H22Cl2FN3O2S. The van der Waals surface area contributed by atoms with Crippen LogP contribution in [0.25, 0.3) is 0 Å². The van der Waals surface area contributed by atoms with E-state index in [-0.39, 0.29) is 41.6 Å². The molecule has 1 heterocycles. The summed E-state index contributed by atoms with van der Waals surface area (Å²) in [6.07, 6.45) is 0. The maximum absolute atomic E-state index is 13.9. The van der Waals surface area contributed by atoms with E-state index in [1.165, 1.54) is 23.5 Å². The van der Waals surface area contributed by atoms with Crippen molar-refractivity contribution in [3.8, 4) is 0 Å². The van der Waals surface area contributed by atoms with Gasteiger partial charge in [0.15, 0.2) is 0 Å². The van der Waals surface area contributed by atoms with Crippen molar-refractivity contribution in [3.63, 3.8) is 0 Å². The molecule has 0 radical (unpaired) electrons. The molecule has 0 aromatic heterocycles. The monoisotopic (exact) mass is 385 g/mol. The molecular weight excluding hydrogens is 364 g/mol. The van der Waals surface area contributed by atoms with Crippen LogP contribution >= 0.6 is 24.0 Å². The van der Waals surface area contributed by atoms with Gasteiger partial charge in [0.1, 0.15) is 5.82 Å². The Hall–Kier alpha value is -0.440. The number of nitrogens with one attached hydrogen (secondary N) is 1. The minimum absolute atomic E-state index is 0. The average Bonchev–Trinajstić information content (AvgIpc) is 2.45. The molecule has 0 amide bonds. The van der Waals surface area contributed by atoms with Crippen molar-refractivity contribution in [3.05, 3.63) is 34.6 Å². The van der Waals surface area contributed by atoms with Crippen LogP contribution < -0.4 is 5.32 Å². The van der Waals surface area contributed by atoms with E-state index in [4.69, 9.17) is 11.6 Å². The molecule has 1 fully saturated rings. The molecule has 5 nitrogen and oxygen atoms in total. The summed E-state index contributed by atoms with van der Waals surface area (Å²) in [5, 5.41) is 3.46. The van der Waals surface area contributed by atoms with E-state index in [1.807, 2.05) is 13.8 Å². The van der Waals surface area contributed by atoms with Crippen molar-refractivity contribution < 1.29 is 12.8 Å². The summed E-state index contributed by atoms with van der Waals surface area (Å²) >= 11 is 5.98. The van der Waals surface area contributed by atoms with Crippen LogP contribution in [-0.2, 0) is 16.8 Å². The highest BCUT2D eigenvalue weighted by molar-refractivity contribution is 7.86. The van der Waals surface area contributed by atoms with E-state index in [9.17, 15) is 12.8 Å². The fraction of sp³-hybridized carbons (Fsp3) is 0.571. The van der Waals surface area contributed by atoms with Gasteiger partial charge in [-0.2, -0.15) is 17.0 Å². The minimum Gasteiger partial charge on any atom is -0.311 e. The summed E-state index contributed by atoms with van der Waals surface area (Å²) < 4.78 is 41.9. The summed E-state index contributed by atoms with van der Waals surface area (Å²) in [6, 6.07) is 4.25. The maximum atomic E-state index is 13.9. The van der Waals surface area contributed by atoms with Crippen LogP contribution in [0.4, 0.5) is 4.39 Å². The van der Waals surface area contributed by atoms with Gasteiger partial charge in [-0.3, -0.25) is 0 Å². The third-order valence-electron chi connectivity index (χ3n) is 3.84. The van der Waals surface area contributed by atoms with Gasteiger partial charge in [-0.1, -0.05) is 17.7 Å². The number of nitrogens with zero attached hydrogens (tertiary/aromatic N) is 2. The smallest absolute Gasteiger partial charge is 0.282 e. The number of rotatable bonds is 4. The largest absolute Gasteiger partial charge is 0.311 e. The van der Waals surface area contributed by atoms with Gasteiger partial charge in [0.2, 0.25) is 0 Å². The first-order valence-electron chi connectivity index (χ1n) is 7.13. The number of benzene rings is 1. The predicted octanol–water partition coefficient (Wildman–Crippen LogP) is 2.26. The van der Waals surface area contributed by atoms with Crippen molar-refractivity contribution in [1.29, 1.82) is 0 Å². The van der Waals surface area contributed by atoms with Gasteiger partial charge in [0.25, 0.3) is 10.2 Å². The Balaban J connectivity index is 0.00000264. The summed E-state index contributed by atoms with van der Waals surface area (Å²) in [5.41, 5.74) is 0.186. The topological polar surface area (TPSA) is 52.7 Å². The van der Waals surface area contributed by atoms with Crippen molar-refractivity contribution in [2.75, 3.05) is 20.1 Å². The third-order valence-corrected chi connectivity index (χ3v) is 6.21. The van der Waals surface area contributed by atoms with Gasteiger partial charge in [-0.05, 0) is 26.0 Å². The van der Waals surface area contributed by atoms with Crippen LogP contribution in [0.2, 0.25) is 5.02 Å². The summed E-state index contributed by atoms with van der Waals surface area (Å²) in [4.78, 5) is 0. The lowest BCUT2D eigenvalue weighted by Crippen LogP contribution is -2.58. The molecule has 2 unspecified atom stereocenters. The molecule has 1 aliphatic rings. The van der Waals surface area contributed by atoms with Gasteiger partial charge in [0.05, 0.1) is 0 Å². The molecule has 132 valence electrons.